The van der Waals surface area contributed by atoms with Crippen molar-refractivity contribution < 1.29 is 13.9 Å². The Hall–Kier alpha value is -1.46. The number of benzene rings is 1. The van der Waals surface area contributed by atoms with Crippen molar-refractivity contribution in [3.05, 3.63) is 35.6 Å². The zero-order chi connectivity index (χ0) is 16.2. The Kier molecular flexibility index (Phi) is 5.28. The van der Waals surface area contributed by atoms with E-state index in [0.29, 0.717) is 30.9 Å². The topological polar surface area (TPSA) is 32.8 Å². The average molecular weight is 320 g/mol. The molecule has 0 spiro atoms. The van der Waals surface area contributed by atoms with Gasteiger partial charge in [-0.2, -0.15) is 0 Å². The standard InChI is InChI=1S/C18H25FN2O2/c1-20-10-11-23-17-13-21(9-8-15(17)12-20)18(22)7-6-14-4-2-3-5-16(14)19/h2-5,15,17H,6-13H2,1H3. The van der Waals surface area contributed by atoms with Crippen molar-refractivity contribution in [2.24, 2.45) is 5.92 Å². The predicted octanol–water partition coefficient (Wildman–Crippen LogP) is 1.94. The van der Waals surface area contributed by atoms with Crippen LogP contribution in [0.3, 0.4) is 0 Å². The number of fused-ring (bicyclic) bond motifs is 1. The fraction of sp³-hybridized carbons (Fsp3) is 0.611. The van der Waals surface area contributed by atoms with E-state index in [4.69, 9.17) is 4.74 Å². The second kappa shape index (κ2) is 7.41. The number of piperidine rings is 1. The minimum absolute atomic E-state index is 0.105. The first-order valence-electron chi connectivity index (χ1n) is 8.45. The second-order valence-corrected chi connectivity index (χ2v) is 6.65. The summed E-state index contributed by atoms with van der Waals surface area (Å²) < 4.78 is 19.6. The molecule has 0 aliphatic carbocycles. The summed E-state index contributed by atoms with van der Waals surface area (Å²) in [5.41, 5.74) is 0.614. The number of nitrogens with zero attached hydrogens (tertiary/aromatic N) is 2. The van der Waals surface area contributed by atoms with Crippen LogP contribution < -0.4 is 0 Å². The van der Waals surface area contributed by atoms with Crippen LogP contribution in [-0.2, 0) is 16.0 Å². The van der Waals surface area contributed by atoms with Gasteiger partial charge in [0.25, 0.3) is 0 Å². The number of carbonyl (C=O) groups is 1. The Labute approximate surface area is 137 Å². The molecule has 5 heteroatoms. The summed E-state index contributed by atoms with van der Waals surface area (Å²) in [5.74, 6) is 0.389. The van der Waals surface area contributed by atoms with Gasteiger partial charge in [-0.3, -0.25) is 4.79 Å². The number of hydrogen-bond acceptors (Lipinski definition) is 3. The molecule has 1 amide bonds. The minimum atomic E-state index is -0.228. The third-order valence-electron chi connectivity index (χ3n) is 4.97. The lowest BCUT2D eigenvalue weighted by atomic mass is 9.93. The third-order valence-corrected chi connectivity index (χ3v) is 4.97. The lowest BCUT2D eigenvalue weighted by Crippen LogP contribution is -2.49. The van der Waals surface area contributed by atoms with Gasteiger partial charge >= 0.3 is 0 Å². The Morgan fingerprint density at radius 2 is 2.13 bits per heavy atom. The van der Waals surface area contributed by atoms with E-state index in [1.165, 1.54) is 6.07 Å². The normalized spacial score (nSPS) is 25.7. The van der Waals surface area contributed by atoms with Crippen LogP contribution in [0.5, 0.6) is 0 Å². The van der Waals surface area contributed by atoms with Crippen molar-refractivity contribution >= 4 is 5.91 Å². The minimum Gasteiger partial charge on any atom is -0.375 e. The highest BCUT2D eigenvalue weighted by Crippen LogP contribution is 2.24. The van der Waals surface area contributed by atoms with Gasteiger partial charge in [-0.25, -0.2) is 4.39 Å². The van der Waals surface area contributed by atoms with Crippen LogP contribution in [0.4, 0.5) is 4.39 Å². The van der Waals surface area contributed by atoms with Gasteiger partial charge in [0.2, 0.25) is 5.91 Å². The van der Waals surface area contributed by atoms with Gasteiger partial charge in [0, 0.05) is 38.5 Å². The molecular formula is C18H25FN2O2. The lowest BCUT2D eigenvalue weighted by Gasteiger charge is -2.37. The highest BCUT2D eigenvalue weighted by molar-refractivity contribution is 5.76. The summed E-state index contributed by atoms with van der Waals surface area (Å²) in [7, 11) is 2.12. The van der Waals surface area contributed by atoms with Crippen LogP contribution in [-0.4, -0.2) is 61.6 Å². The van der Waals surface area contributed by atoms with Crippen molar-refractivity contribution in [3.8, 4) is 0 Å². The molecule has 0 N–H and O–H groups in total. The van der Waals surface area contributed by atoms with Crippen LogP contribution in [0.2, 0.25) is 0 Å². The van der Waals surface area contributed by atoms with E-state index in [0.717, 1.165) is 32.7 Å². The number of amides is 1. The quantitative estimate of drug-likeness (QED) is 0.853. The van der Waals surface area contributed by atoms with E-state index in [1.54, 1.807) is 12.1 Å². The van der Waals surface area contributed by atoms with Crippen molar-refractivity contribution in [1.29, 1.82) is 0 Å². The monoisotopic (exact) mass is 320 g/mol. The smallest absolute Gasteiger partial charge is 0.222 e. The van der Waals surface area contributed by atoms with Crippen molar-refractivity contribution in [2.75, 3.05) is 39.8 Å². The molecule has 1 aromatic carbocycles. The molecule has 4 nitrogen and oxygen atoms in total. The van der Waals surface area contributed by atoms with E-state index in [9.17, 15) is 9.18 Å². The summed E-state index contributed by atoms with van der Waals surface area (Å²) in [5, 5.41) is 0. The molecule has 2 unspecified atom stereocenters. The zero-order valence-corrected chi connectivity index (χ0v) is 13.7. The number of ether oxygens (including phenoxy) is 1. The Morgan fingerprint density at radius 1 is 1.30 bits per heavy atom. The molecule has 23 heavy (non-hydrogen) atoms. The average Bonchev–Trinajstić information content (AvgIpc) is 2.73. The molecule has 126 valence electrons. The molecular weight excluding hydrogens is 295 g/mol. The van der Waals surface area contributed by atoms with E-state index in [1.807, 2.05) is 11.0 Å². The Balaban J connectivity index is 1.53. The highest BCUT2D eigenvalue weighted by atomic mass is 19.1. The largest absolute Gasteiger partial charge is 0.375 e. The summed E-state index contributed by atoms with van der Waals surface area (Å²) in [6.07, 6.45) is 1.95. The number of likely N-dealkylation sites (N-methyl/N-ethyl adjacent to an activating group) is 1. The molecule has 0 aromatic heterocycles. The fourth-order valence-corrected chi connectivity index (χ4v) is 3.54. The third kappa shape index (κ3) is 4.09. The number of hydrogen-bond donors (Lipinski definition) is 0. The predicted molar refractivity (Wildman–Crippen MR) is 86.6 cm³/mol. The summed E-state index contributed by atoms with van der Waals surface area (Å²) >= 11 is 0. The van der Waals surface area contributed by atoms with Crippen LogP contribution in [0, 0.1) is 11.7 Å². The molecule has 2 heterocycles. The number of likely N-dealkylation sites (tertiary alicyclic amines) is 1. The maximum atomic E-state index is 13.6. The molecule has 0 radical (unpaired) electrons. The first-order chi connectivity index (χ1) is 11.1. The van der Waals surface area contributed by atoms with Gasteiger partial charge in [0.1, 0.15) is 5.82 Å². The fourth-order valence-electron chi connectivity index (χ4n) is 3.54. The molecule has 2 atom stereocenters. The molecule has 0 bridgehead atoms. The first-order valence-corrected chi connectivity index (χ1v) is 8.45. The SMILES string of the molecule is CN1CCOC2CN(C(=O)CCc3ccccc3F)CCC2C1. The summed E-state index contributed by atoms with van der Waals surface area (Å²) in [6, 6.07) is 6.68. The number of halogens is 1. The van der Waals surface area contributed by atoms with E-state index in [-0.39, 0.29) is 17.8 Å². The zero-order valence-electron chi connectivity index (χ0n) is 13.7. The van der Waals surface area contributed by atoms with Gasteiger partial charge in [-0.1, -0.05) is 18.2 Å². The number of rotatable bonds is 3. The maximum absolute atomic E-state index is 13.6. The van der Waals surface area contributed by atoms with E-state index < -0.39 is 0 Å². The van der Waals surface area contributed by atoms with Crippen molar-refractivity contribution in [3.63, 3.8) is 0 Å². The van der Waals surface area contributed by atoms with Gasteiger partial charge in [0.15, 0.2) is 0 Å². The highest BCUT2D eigenvalue weighted by Gasteiger charge is 2.34. The van der Waals surface area contributed by atoms with Gasteiger partial charge in [-0.15, -0.1) is 0 Å². The van der Waals surface area contributed by atoms with Gasteiger partial charge < -0.3 is 14.5 Å². The van der Waals surface area contributed by atoms with Gasteiger partial charge in [0.05, 0.1) is 12.7 Å². The van der Waals surface area contributed by atoms with E-state index >= 15 is 0 Å². The Bertz CT molecular complexity index is 552. The molecule has 0 saturated carbocycles. The molecule has 3 rings (SSSR count). The summed E-state index contributed by atoms with van der Waals surface area (Å²) in [4.78, 5) is 16.6. The molecule has 2 fully saturated rings. The van der Waals surface area contributed by atoms with Gasteiger partial charge in [-0.05, 0) is 31.5 Å². The van der Waals surface area contributed by atoms with Crippen LogP contribution in [0.1, 0.15) is 18.4 Å². The molecule has 2 aliphatic heterocycles. The lowest BCUT2D eigenvalue weighted by molar-refractivity contribution is -0.136. The van der Waals surface area contributed by atoms with Crippen LogP contribution >= 0.6 is 0 Å². The number of aryl methyl sites for hydroxylation is 1. The van der Waals surface area contributed by atoms with E-state index in [2.05, 4.69) is 11.9 Å². The molecule has 1 aromatic rings. The summed E-state index contributed by atoms with van der Waals surface area (Å²) in [6.45, 7) is 4.19. The first kappa shape index (κ1) is 16.4. The van der Waals surface area contributed by atoms with Crippen LogP contribution in [0.25, 0.3) is 0 Å². The Morgan fingerprint density at radius 3 is 2.96 bits per heavy atom. The molecule has 2 saturated heterocycles. The van der Waals surface area contributed by atoms with Crippen molar-refractivity contribution in [1.82, 2.24) is 9.80 Å². The second-order valence-electron chi connectivity index (χ2n) is 6.65. The maximum Gasteiger partial charge on any atom is 0.222 e. The van der Waals surface area contributed by atoms with Crippen molar-refractivity contribution in [2.45, 2.75) is 25.4 Å². The number of carbonyl (C=O) groups excluding carboxylic acids is 1. The molecule has 2 aliphatic rings. The van der Waals surface area contributed by atoms with Crippen LogP contribution in [0.15, 0.2) is 24.3 Å².